The maximum absolute atomic E-state index is 11.8. The number of hydrogen-bond acceptors (Lipinski definition) is 2. The predicted molar refractivity (Wildman–Crippen MR) is 47.1 cm³/mol. The van der Waals surface area contributed by atoms with Gasteiger partial charge in [0.1, 0.15) is 6.67 Å². The van der Waals surface area contributed by atoms with Crippen LogP contribution in [0.5, 0.6) is 0 Å². The van der Waals surface area contributed by atoms with Gasteiger partial charge in [0, 0.05) is 6.54 Å². The van der Waals surface area contributed by atoms with E-state index in [1.54, 1.807) is 0 Å². The van der Waals surface area contributed by atoms with Crippen molar-refractivity contribution in [3.8, 4) is 0 Å². The van der Waals surface area contributed by atoms with Crippen LogP contribution in [0.2, 0.25) is 0 Å². The molecule has 0 amide bonds. The Bertz CT molecular complexity index is 119. The molecule has 0 aromatic rings. The van der Waals surface area contributed by atoms with Crippen LogP contribution in [0, 0.1) is 0 Å². The van der Waals surface area contributed by atoms with Gasteiger partial charge in [-0.15, -0.1) is 0 Å². The van der Waals surface area contributed by atoms with Gasteiger partial charge in [0.25, 0.3) is 0 Å². The van der Waals surface area contributed by atoms with E-state index in [0.29, 0.717) is 6.10 Å². The lowest BCUT2D eigenvalue weighted by Gasteiger charge is -2.14. The fourth-order valence-electron chi connectivity index (χ4n) is 1.59. The lowest BCUT2D eigenvalue weighted by Crippen LogP contribution is -2.20. The molecule has 0 bridgehead atoms. The van der Waals surface area contributed by atoms with Crippen molar-refractivity contribution in [1.82, 2.24) is 4.90 Å². The first kappa shape index (κ1) is 9.93. The van der Waals surface area contributed by atoms with Gasteiger partial charge in [-0.05, 0) is 32.9 Å². The van der Waals surface area contributed by atoms with Crippen LogP contribution in [-0.4, -0.2) is 44.4 Å². The van der Waals surface area contributed by atoms with Crippen molar-refractivity contribution in [2.24, 2.45) is 0 Å². The summed E-state index contributed by atoms with van der Waals surface area (Å²) < 4.78 is 17.1. The van der Waals surface area contributed by atoms with E-state index < -0.39 is 0 Å². The highest BCUT2D eigenvalue weighted by molar-refractivity contribution is 4.67. The molecule has 1 atom stereocenters. The minimum absolute atomic E-state index is 0.272. The average molecular weight is 175 g/mol. The minimum Gasteiger partial charge on any atom is -0.375 e. The maximum atomic E-state index is 11.8. The Labute approximate surface area is 73.7 Å². The zero-order chi connectivity index (χ0) is 8.81. The number of ether oxygens (including phenoxy) is 1. The standard InChI is InChI=1S/C9H18FNO/c1-11-6-2-3-9(4-7-11)12-8-5-10/h9H,2-8H2,1H3. The first-order valence-corrected chi connectivity index (χ1v) is 4.69. The molecule has 0 saturated carbocycles. The lowest BCUT2D eigenvalue weighted by molar-refractivity contribution is 0.0357. The SMILES string of the molecule is CN1CCCC(OCCF)CC1. The quantitative estimate of drug-likeness (QED) is 0.644. The Hall–Kier alpha value is -0.150. The first-order valence-electron chi connectivity index (χ1n) is 4.69. The highest BCUT2D eigenvalue weighted by atomic mass is 19.1. The van der Waals surface area contributed by atoms with Crippen LogP contribution < -0.4 is 0 Å². The second-order valence-electron chi connectivity index (χ2n) is 3.42. The van der Waals surface area contributed by atoms with E-state index >= 15 is 0 Å². The Kier molecular flexibility index (Phi) is 4.54. The summed E-state index contributed by atoms with van der Waals surface area (Å²) in [5.74, 6) is 0. The molecular formula is C9H18FNO. The Balaban J connectivity index is 2.17. The molecule has 1 aliphatic heterocycles. The number of halogens is 1. The molecule has 1 fully saturated rings. The molecule has 1 saturated heterocycles. The van der Waals surface area contributed by atoms with Gasteiger partial charge >= 0.3 is 0 Å². The van der Waals surface area contributed by atoms with Crippen LogP contribution in [0.25, 0.3) is 0 Å². The Morgan fingerprint density at radius 3 is 3.00 bits per heavy atom. The number of alkyl halides is 1. The van der Waals surface area contributed by atoms with Gasteiger partial charge in [-0.1, -0.05) is 0 Å². The second kappa shape index (κ2) is 5.49. The van der Waals surface area contributed by atoms with Crippen LogP contribution in [0.4, 0.5) is 4.39 Å². The predicted octanol–water partition coefficient (Wildman–Crippen LogP) is 1.46. The summed E-state index contributed by atoms with van der Waals surface area (Å²) in [6.45, 7) is 2.15. The van der Waals surface area contributed by atoms with Gasteiger partial charge < -0.3 is 9.64 Å². The van der Waals surface area contributed by atoms with Gasteiger partial charge in [-0.25, -0.2) is 4.39 Å². The van der Waals surface area contributed by atoms with Gasteiger partial charge in [0.2, 0.25) is 0 Å². The summed E-state index contributed by atoms with van der Waals surface area (Å²) in [5, 5.41) is 0. The third-order valence-corrected chi connectivity index (χ3v) is 2.33. The molecule has 3 heteroatoms. The Morgan fingerprint density at radius 1 is 1.42 bits per heavy atom. The highest BCUT2D eigenvalue weighted by Crippen LogP contribution is 2.12. The normalized spacial score (nSPS) is 27.0. The van der Waals surface area contributed by atoms with Crippen LogP contribution in [-0.2, 0) is 4.74 Å². The van der Waals surface area contributed by atoms with Crippen molar-refractivity contribution in [2.75, 3.05) is 33.4 Å². The van der Waals surface area contributed by atoms with Crippen molar-refractivity contribution in [2.45, 2.75) is 25.4 Å². The summed E-state index contributed by atoms with van der Waals surface area (Å²) in [5.41, 5.74) is 0. The topological polar surface area (TPSA) is 12.5 Å². The van der Waals surface area contributed by atoms with E-state index in [-0.39, 0.29) is 13.3 Å². The number of hydrogen-bond donors (Lipinski definition) is 0. The van der Waals surface area contributed by atoms with Crippen LogP contribution in [0.3, 0.4) is 0 Å². The largest absolute Gasteiger partial charge is 0.375 e. The van der Waals surface area contributed by atoms with Gasteiger partial charge in [-0.2, -0.15) is 0 Å². The molecule has 1 rings (SSSR count). The molecule has 0 N–H and O–H groups in total. The molecule has 1 unspecified atom stereocenters. The lowest BCUT2D eigenvalue weighted by atomic mass is 10.2. The number of rotatable bonds is 3. The molecule has 12 heavy (non-hydrogen) atoms. The summed E-state index contributed by atoms with van der Waals surface area (Å²) >= 11 is 0. The molecule has 1 aliphatic rings. The third-order valence-electron chi connectivity index (χ3n) is 2.33. The van der Waals surface area contributed by atoms with Crippen LogP contribution in [0.1, 0.15) is 19.3 Å². The highest BCUT2D eigenvalue weighted by Gasteiger charge is 2.14. The molecule has 1 heterocycles. The zero-order valence-corrected chi connectivity index (χ0v) is 7.76. The van der Waals surface area contributed by atoms with E-state index in [4.69, 9.17) is 4.74 Å². The molecule has 0 radical (unpaired) electrons. The van der Waals surface area contributed by atoms with E-state index in [9.17, 15) is 4.39 Å². The molecule has 0 aromatic heterocycles. The van der Waals surface area contributed by atoms with Crippen molar-refractivity contribution in [3.63, 3.8) is 0 Å². The van der Waals surface area contributed by atoms with Crippen molar-refractivity contribution in [1.29, 1.82) is 0 Å². The first-order chi connectivity index (χ1) is 5.83. The molecule has 0 aliphatic carbocycles. The molecule has 2 nitrogen and oxygen atoms in total. The number of nitrogens with zero attached hydrogens (tertiary/aromatic N) is 1. The zero-order valence-electron chi connectivity index (χ0n) is 7.76. The minimum atomic E-state index is -0.355. The van der Waals surface area contributed by atoms with Crippen LogP contribution >= 0.6 is 0 Å². The fourth-order valence-corrected chi connectivity index (χ4v) is 1.59. The second-order valence-corrected chi connectivity index (χ2v) is 3.42. The summed E-state index contributed by atoms with van der Waals surface area (Å²) in [6, 6.07) is 0. The summed E-state index contributed by atoms with van der Waals surface area (Å²) in [6.07, 6.45) is 3.61. The smallest absolute Gasteiger partial charge is 0.113 e. The third kappa shape index (κ3) is 3.50. The van der Waals surface area contributed by atoms with E-state index in [1.807, 2.05) is 0 Å². The number of likely N-dealkylation sites (tertiary alicyclic amines) is 1. The Morgan fingerprint density at radius 2 is 2.25 bits per heavy atom. The average Bonchev–Trinajstić information content (AvgIpc) is 2.27. The van der Waals surface area contributed by atoms with Crippen molar-refractivity contribution >= 4 is 0 Å². The molecular weight excluding hydrogens is 157 g/mol. The molecule has 0 spiro atoms. The van der Waals surface area contributed by atoms with Crippen molar-refractivity contribution < 1.29 is 9.13 Å². The van der Waals surface area contributed by atoms with Crippen LogP contribution in [0.15, 0.2) is 0 Å². The van der Waals surface area contributed by atoms with E-state index in [1.165, 1.54) is 6.42 Å². The van der Waals surface area contributed by atoms with E-state index in [2.05, 4.69) is 11.9 Å². The van der Waals surface area contributed by atoms with E-state index in [0.717, 1.165) is 25.9 Å². The molecule has 72 valence electrons. The van der Waals surface area contributed by atoms with Crippen molar-refractivity contribution in [3.05, 3.63) is 0 Å². The van der Waals surface area contributed by atoms with Gasteiger partial charge in [0.05, 0.1) is 12.7 Å². The maximum Gasteiger partial charge on any atom is 0.113 e. The monoisotopic (exact) mass is 175 g/mol. The van der Waals surface area contributed by atoms with Gasteiger partial charge in [0.15, 0.2) is 0 Å². The summed E-state index contributed by atoms with van der Waals surface area (Å²) in [7, 11) is 2.12. The molecule has 0 aromatic carbocycles. The summed E-state index contributed by atoms with van der Waals surface area (Å²) in [4.78, 5) is 2.30. The fraction of sp³-hybridized carbons (Fsp3) is 1.00. The van der Waals surface area contributed by atoms with Gasteiger partial charge in [-0.3, -0.25) is 0 Å².